The maximum absolute atomic E-state index is 5.94. The van der Waals surface area contributed by atoms with Gasteiger partial charge in [0.25, 0.3) is 0 Å². The fourth-order valence-electron chi connectivity index (χ4n) is 2.99. The van der Waals surface area contributed by atoms with Crippen LogP contribution in [0.15, 0.2) is 0 Å². The van der Waals surface area contributed by atoms with Gasteiger partial charge in [-0.15, -0.1) is 0 Å². The molecule has 2 unspecified atom stereocenters. The summed E-state index contributed by atoms with van der Waals surface area (Å²) < 4.78 is 0. The molecular formula is C14H30N2. The minimum Gasteiger partial charge on any atom is -0.329 e. The molecule has 2 N–H and O–H groups in total. The molecule has 0 amide bonds. The second-order valence-electron chi connectivity index (χ2n) is 5.77. The number of hydrogen-bond donors (Lipinski definition) is 1. The first-order chi connectivity index (χ1) is 7.60. The van der Waals surface area contributed by atoms with Crippen molar-refractivity contribution in [2.24, 2.45) is 17.6 Å². The summed E-state index contributed by atoms with van der Waals surface area (Å²) in [6.45, 7) is 7.78. The highest BCUT2D eigenvalue weighted by molar-refractivity contribution is 4.83. The summed E-state index contributed by atoms with van der Waals surface area (Å²) in [4.78, 5) is 2.57. The van der Waals surface area contributed by atoms with Crippen molar-refractivity contribution in [3.8, 4) is 0 Å². The standard InChI is InChI=1S/C14H30N2/c1-5-12(3)14(10-15)16(4)13-8-6-11(2)7-9-13/h11-14H,5-10,15H2,1-4H3. The van der Waals surface area contributed by atoms with E-state index in [1.54, 1.807) is 0 Å². The quantitative estimate of drug-likeness (QED) is 0.781. The zero-order valence-corrected chi connectivity index (χ0v) is 11.6. The third kappa shape index (κ3) is 3.46. The first-order valence-corrected chi connectivity index (χ1v) is 7.02. The molecule has 0 spiro atoms. The van der Waals surface area contributed by atoms with Gasteiger partial charge in [0, 0.05) is 18.6 Å². The van der Waals surface area contributed by atoms with Crippen LogP contribution in [-0.4, -0.2) is 30.6 Å². The van der Waals surface area contributed by atoms with Crippen molar-refractivity contribution in [1.29, 1.82) is 0 Å². The van der Waals surface area contributed by atoms with Gasteiger partial charge in [0.05, 0.1) is 0 Å². The van der Waals surface area contributed by atoms with E-state index in [-0.39, 0.29) is 0 Å². The lowest BCUT2D eigenvalue weighted by molar-refractivity contribution is 0.0956. The van der Waals surface area contributed by atoms with Gasteiger partial charge < -0.3 is 5.73 Å². The molecule has 1 rings (SSSR count). The highest BCUT2D eigenvalue weighted by Gasteiger charge is 2.28. The Kier molecular flexibility index (Phi) is 5.77. The van der Waals surface area contributed by atoms with Crippen molar-refractivity contribution in [2.45, 2.75) is 65.0 Å². The molecule has 96 valence electrons. The number of rotatable bonds is 5. The van der Waals surface area contributed by atoms with Crippen molar-refractivity contribution in [1.82, 2.24) is 4.90 Å². The van der Waals surface area contributed by atoms with E-state index >= 15 is 0 Å². The highest BCUT2D eigenvalue weighted by atomic mass is 15.2. The fraction of sp³-hybridized carbons (Fsp3) is 1.00. The molecular weight excluding hydrogens is 196 g/mol. The number of hydrogen-bond acceptors (Lipinski definition) is 2. The Morgan fingerprint density at radius 1 is 1.25 bits per heavy atom. The smallest absolute Gasteiger partial charge is 0.0243 e. The lowest BCUT2D eigenvalue weighted by Gasteiger charge is -2.40. The van der Waals surface area contributed by atoms with E-state index in [2.05, 4.69) is 32.7 Å². The normalized spacial score (nSPS) is 30.4. The van der Waals surface area contributed by atoms with E-state index in [1.807, 2.05) is 0 Å². The lowest BCUT2D eigenvalue weighted by Crippen LogP contribution is -2.48. The predicted octanol–water partition coefficient (Wildman–Crippen LogP) is 2.87. The summed E-state index contributed by atoms with van der Waals surface area (Å²) >= 11 is 0. The molecule has 16 heavy (non-hydrogen) atoms. The van der Waals surface area contributed by atoms with Gasteiger partial charge in [-0.2, -0.15) is 0 Å². The topological polar surface area (TPSA) is 29.3 Å². The molecule has 2 heteroatoms. The SMILES string of the molecule is CCC(C)C(CN)N(C)C1CCC(C)CC1. The van der Waals surface area contributed by atoms with Crippen molar-refractivity contribution in [3.63, 3.8) is 0 Å². The molecule has 2 nitrogen and oxygen atoms in total. The lowest BCUT2D eigenvalue weighted by atomic mass is 9.85. The summed E-state index contributed by atoms with van der Waals surface area (Å²) in [5.41, 5.74) is 5.94. The van der Waals surface area contributed by atoms with Crippen LogP contribution in [0.5, 0.6) is 0 Å². The molecule has 0 aliphatic heterocycles. The van der Waals surface area contributed by atoms with Gasteiger partial charge in [0.1, 0.15) is 0 Å². The molecule has 1 saturated carbocycles. The van der Waals surface area contributed by atoms with E-state index < -0.39 is 0 Å². The zero-order chi connectivity index (χ0) is 12.1. The molecule has 0 heterocycles. The van der Waals surface area contributed by atoms with Crippen molar-refractivity contribution >= 4 is 0 Å². The summed E-state index contributed by atoms with van der Waals surface area (Å²) in [6.07, 6.45) is 6.75. The van der Waals surface area contributed by atoms with Gasteiger partial charge in [-0.25, -0.2) is 0 Å². The van der Waals surface area contributed by atoms with Crippen molar-refractivity contribution < 1.29 is 0 Å². The molecule has 1 fully saturated rings. The minimum atomic E-state index is 0.573. The Morgan fingerprint density at radius 3 is 2.25 bits per heavy atom. The molecule has 0 bridgehead atoms. The molecule has 0 radical (unpaired) electrons. The highest BCUT2D eigenvalue weighted by Crippen LogP contribution is 2.28. The van der Waals surface area contributed by atoms with Gasteiger partial charge in [-0.3, -0.25) is 4.90 Å². The Balaban J connectivity index is 2.50. The van der Waals surface area contributed by atoms with E-state index in [9.17, 15) is 0 Å². The summed E-state index contributed by atoms with van der Waals surface area (Å²) in [5, 5.41) is 0. The number of likely N-dealkylation sites (N-methyl/N-ethyl adjacent to an activating group) is 1. The Labute approximate surface area is 102 Å². The van der Waals surface area contributed by atoms with Crippen LogP contribution in [0.2, 0.25) is 0 Å². The molecule has 0 aromatic heterocycles. The maximum atomic E-state index is 5.94. The Morgan fingerprint density at radius 2 is 1.81 bits per heavy atom. The summed E-state index contributed by atoms with van der Waals surface area (Å²) in [7, 11) is 2.28. The largest absolute Gasteiger partial charge is 0.329 e. The maximum Gasteiger partial charge on any atom is 0.0243 e. The first kappa shape index (κ1) is 14.0. The Hall–Kier alpha value is -0.0800. The Bertz CT molecular complexity index is 185. The second-order valence-corrected chi connectivity index (χ2v) is 5.77. The second kappa shape index (κ2) is 6.61. The average Bonchev–Trinajstić information content (AvgIpc) is 2.30. The van der Waals surface area contributed by atoms with Crippen LogP contribution in [0, 0.1) is 11.8 Å². The predicted molar refractivity (Wildman–Crippen MR) is 71.5 cm³/mol. The molecule has 1 aliphatic carbocycles. The minimum absolute atomic E-state index is 0.573. The fourth-order valence-corrected chi connectivity index (χ4v) is 2.99. The molecule has 0 aromatic carbocycles. The molecule has 2 atom stereocenters. The first-order valence-electron chi connectivity index (χ1n) is 7.02. The monoisotopic (exact) mass is 226 g/mol. The van der Waals surface area contributed by atoms with Crippen LogP contribution in [0.25, 0.3) is 0 Å². The summed E-state index contributed by atoms with van der Waals surface area (Å²) in [5.74, 6) is 1.65. The van der Waals surface area contributed by atoms with Gasteiger partial charge in [-0.05, 0) is 44.6 Å². The van der Waals surface area contributed by atoms with E-state index in [4.69, 9.17) is 5.73 Å². The average molecular weight is 226 g/mol. The van der Waals surface area contributed by atoms with Crippen molar-refractivity contribution in [2.75, 3.05) is 13.6 Å². The summed E-state index contributed by atoms with van der Waals surface area (Å²) in [6, 6.07) is 1.35. The van der Waals surface area contributed by atoms with E-state index in [0.717, 1.165) is 18.5 Å². The van der Waals surface area contributed by atoms with Crippen LogP contribution >= 0.6 is 0 Å². The van der Waals surface area contributed by atoms with Crippen LogP contribution in [0.3, 0.4) is 0 Å². The third-order valence-corrected chi connectivity index (χ3v) is 4.63. The van der Waals surface area contributed by atoms with Crippen LogP contribution in [-0.2, 0) is 0 Å². The van der Waals surface area contributed by atoms with Gasteiger partial charge in [-0.1, -0.05) is 27.2 Å². The molecule has 1 aliphatic rings. The van der Waals surface area contributed by atoms with E-state index in [1.165, 1.54) is 32.1 Å². The van der Waals surface area contributed by atoms with Gasteiger partial charge in [0.15, 0.2) is 0 Å². The number of nitrogens with zero attached hydrogens (tertiary/aromatic N) is 1. The number of nitrogens with two attached hydrogens (primary N) is 1. The third-order valence-electron chi connectivity index (χ3n) is 4.63. The van der Waals surface area contributed by atoms with Gasteiger partial charge in [0.2, 0.25) is 0 Å². The van der Waals surface area contributed by atoms with Crippen LogP contribution in [0.1, 0.15) is 52.9 Å². The molecule has 0 saturated heterocycles. The zero-order valence-electron chi connectivity index (χ0n) is 11.6. The van der Waals surface area contributed by atoms with Gasteiger partial charge >= 0.3 is 0 Å². The van der Waals surface area contributed by atoms with E-state index in [0.29, 0.717) is 12.0 Å². The van der Waals surface area contributed by atoms with Crippen LogP contribution < -0.4 is 5.73 Å². The van der Waals surface area contributed by atoms with Crippen LogP contribution in [0.4, 0.5) is 0 Å². The molecule has 0 aromatic rings. The van der Waals surface area contributed by atoms with Crippen molar-refractivity contribution in [3.05, 3.63) is 0 Å².